The lowest BCUT2D eigenvalue weighted by Gasteiger charge is -2.27. The number of halogens is 2. The Kier molecular flexibility index (Phi) is 7.27. The van der Waals surface area contributed by atoms with Gasteiger partial charge in [-0.25, -0.2) is 8.42 Å². The standard InChI is InChI=1S/C18H20BrClN2O4S/c1-4-26-15-10-7-13(19)11-16(15)27(24,25)22(3)17(18(23)21-2)12-5-8-14(20)9-6-12/h5-11,17H,4H2,1-3H3,(H,21,23)/t17-/m1/s1. The van der Waals surface area contributed by atoms with Gasteiger partial charge in [0.25, 0.3) is 0 Å². The maximum atomic E-state index is 13.3. The molecule has 0 saturated heterocycles. The quantitative estimate of drug-likeness (QED) is 0.664. The zero-order chi connectivity index (χ0) is 20.2. The largest absolute Gasteiger partial charge is 0.492 e. The molecule has 0 unspecified atom stereocenters. The minimum Gasteiger partial charge on any atom is -0.492 e. The molecule has 2 rings (SSSR count). The minimum absolute atomic E-state index is 0.0240. The molecule has 1 N–H and O–H groups in total. The maximum absolute atomic E-state index is 13.3. The summed E-state index contributed by atoms with van der Waals surface area (Å²) in [5.41, 5.74) is 0.498. The second-order valence-corrected chi connectivity index (χ2v) is 8.93. The van der Waals surface area contributed by atoms with Crippen molar-refractivity contribution in [2.24, 2.45) is 0 Å². The van der Waals surface area contributed by atoms with Crippen LogP contribution >= 0.6 is 27.5 Å². The number of sulfonamides is 1. The Morgan fingerprint density at radius 2 is 1.89 bits per heavy atom. The van der Waals surface area contributed by atoms with E-state index in [1.807, 2.05) is 0 Å². The summed E-state index contributed by atoms with van der Waals surface area (Å²) in [4.78, 5) is 12.5. The second-order valence-electron chi connectivity index (χ2n) is 5.61. The van der Waals surface area contributed by atoms with Gasteiger partial charge in [-0.3, -0.25) is 4.79 Å². The van der Waals surface area contributed by atoms with Crippen LogP contribution in [0.2, 0.25) is 5.02 Å². The van der Waals surface area contributed by atoms with E-state index in [1.165, 1.54) is 20.2 Å². The number of ether oxygens (including phenoxy) is 1. The van der Waals surface area contributed by atoms with Crippen molar-refractivity contribution >= 4 is 43.5 Å². The predicted molar refractivity (Wildman–Crippen MR) is 109 cm³/mol. The molecule has 0 spiro atoms. The third kappa shape index (κ3) is 4.82. The van der Waals surface area contributed by atoms with E-state index in [0.717, 1.165) is 4.31 Å². The maximum Gasteiger partial charge on any atom is 0.247 e. The van der Waals surface area contributed by atoms with E-state index in [-0.39, 0.29) is 10.6 Å². The zero-order valence-electron chi connectivity index (χ0n) is 15.1. The molecule has 27 heavy (non-hydrogen) atoms. The SMILES string of the molecule is CCOc1ccc(Br)cc1S(=O)(=O)N(C)[C@@H](C(=O)NC)c1ccc(Cl)cc1. The molecule has 1 amide bonds. The highest BCUT2D eigenvalue weighted by Gasteiger charge is 2.35. The third-order valence-corrected chi connectivity index (χ3v) is 6.50. The topological polar surface area (TPSA) is 75.7 Å². The van der Waals surface area contributed by atoms with Crippen LogP contribution in [0, 0.1) is 0 Å². The van der Waals surface area contributed by atoms with Gasteiger partial charge in [0, 0.05) is 23.6 Å². The van der Waals surface area contributed by atoms with Crippen LogP contribution in [0.5, 0.6) is 5.75 Å². The molecule has 1 atom stereocenters. The summed E-state index contributed by atoms with van der Waals surface area (Å²) >= 11 is 9.20. The Morgan fingerprint density at radius 1 is 1.26 bits per heavy atom. The molecule has 0 bridgehead atoms. The molecule has 2 aromatic carbocycles. The zero-order valence-corrected chi connectivity index (χ0v) is 18.2. The van der Waals surface area contributed by atoms with Crippen LogP contribution in [0.1, 0.15) is 18.5 Å². The number of hydrogen-bond acceptors (Lipinski definition) is 4. The van der Waals surface area contributed by atoms with Crippen LogP contribution in [0.4, 0.5) is 0 Å². The van der Waals surface area contributed by atoms with Gasteiger partial charge in [0.15, 0.2) is 0 Å². The molecule has 146 valence electrons. The normalized spacial score (nSPS) is 12.7. The number of hydrogen-bond donors (Lipinski definition) is 1. The average Bonchev–Trinajstić information content (AvgIpc) is 2.64. The molecule has 0 radical (unpaired) electrons. The number of amides is 1. The van der Waals surface area contributed by atoms with E-state index in [4.69, 9.17) is 16.3 Å². The molecule has 6 nitrogen and oxygen atoms in total. The van der Waals surface area contributed by atoms with Crippen LogP contribution in [0.15, 0.2) is 51.8 Å². The van der Waals surface area contributed by atoms with Gasteiger partial charge in [0.1, 0.15) is 16.7 Å². The molecule has 2 aromatic rings. The summed E-state index contributed by atoms with van der Waals surface area (Å²) in [6.45, 7) is 2.08. The average molecular weight is 476 g/mol. The Labute approximate surface area is 172 Å². The summed E-state index contributed by atoms with van der Waals surface area (Å²) in [5, 5.41) is 3.01. The van der Waals surface area contributed by atoms with Gasteiger partial charge in [0.2, 0.25) is 15.9 Å². The fraction of sp³-hybridized carbons (Fsp3) is 0.278. The van der Waals surface area contributed by atoms with Crippen molar-refractivity contribution in [3.8, 4) is 5.75 Å². The van der Waals surface area contributed by atoms with Gasteiger partial charge >= 0.3 is 0 Å². The predicted octanol–water partition coefficient (Wildman–Crippen LogP) is 3.61. The number of carbonyl (C=O) groups is 1. The van der Waals surface area contributed by atoms with Crippen molar-refractivity contribution in [2.45, 2.75) is 17.9 Å². The number of benzene rings is 2. The Morgan fingerprint density at radius 3 is 2.44 bits per heavy atom. The number of carbonyl (C=O) groups excluding carboxylic acids is 1. The van der Waals surface area contributed by atoms with E-state index in [1.54, 1.807) is 43.3 Å². The highest BCUT2D eigenvalue weighted by molar-refractivity contribution is 9.10. The summed E-state index contributed by atoms with van der Waals surface area (Å²) in [6.07, 6.45) is 0. The van der Waals surface area contributed by atoms with Gasteiger partial charge in [-0.05, 0) is 42.8 Å². The molecule has 0 aromatic heterocycles. The lowest BCUT2D eigenvalue weighted by molar-refractivity contribution is -0.124. The highest BCUT2D eigenvalue weighted by Crippen LogP contribution is 2.33. The summed E-state index contributed by atoms with van der Waals surface area (Å²) < 4.78 is 33.7. The molecule has 0 saturated carbocycles. The lowest BCUT2D eigenvalue weighted by atomic mass is 10.1. The molecule has 0 heterocycles. The summed E-state index contributed by atoms with van der Waals surface area (Å²) in [6, 6.07) is 10.1. The van der Waals surface area contributed by atoms with Gasteiger partial charge < -0.3 is 10.1 Å². The van der Waals surface area contributed by atoms with E-state index in [9.17, 15) is 13.2 Å². The van der Waals surface area contributed by atoms with Gasteiger partial charge in [-0.15, -0.1) is 0 Å². The fourth-order valence-electron chi connectivity index (χ4n) is 2.56. The monoisotopic (exact) mass is 474 g/mol. The number of rotatable bonds is 7. The molecule has 0 fully saturated rings. The van der Waals surface area contributed by atoms with Crippen LogP contribution in [0.3, 0.4) is 0 Å². The second kappa shape index (κ2) is 9.05. The van der Waals surface area contributed by atoms with Crippen molar-refractivity contribution in [2.75, 3.05) is 20.7 Å². The van der Waals surface area contributed by atoms with Crippen molar-refractivity contribution in [3.63, 3.8) is 0 Å². The molecule has 9 heteroatoms. The van der Waals surface area contributed by atoms with Gasteiger partial charge in [-0.2, -0.15) is 4.31 Å². The van der Waals surface area contributed by atoms with Crippen molar-refractivity contribution in [1.29, 1.82) is 0 Å². The highest BCUT2D eigenvalue weighted by atomic mass is 79.9. The minimum atomic E-state index is -4.04. The van der Waals surface area contributed by atoms with Gasteiger partial charge in [-0.1, -0.05) is 39.7 Å². The summed E-state index contributed by atoms with van der Waals surface area (Å²) in [7, 11) is -1.23. The summed E-state index contributed by atoms with van der Waals surface area (Å²) in [5.74, 6) is -0.240. The van der Waals surface area contributed by atoms with Crippen molar-refractivity contribution in [3.05, 3.63) is 57.5 Å². The first-order valence-electron chi connectivity index (χ1n) is 8.09. The van der Waals surface area contributed by atoms with Crippen LogP contribution in [0.25, 0.3) is 0 Å². The van der Waals surface area contributed by atoms with Gasteiger partial charge in [0.05, 0.1) is 6.61 Å². The first-order chi connectivity index (χ1) is 12.7. The number of nitrogens with one attached hydrogen (secondary N) is 1. The van der Waals surface area contributed by atoms with Crippen molar-refractivity contribution in [1.82, 2.24) is 9.62 Å². The third-order valence-electron chi connectivity index (χ3n) is 3.91. The smallest absolute Gasteiger partial charge is 0.247 e. The fourth-order valence-corrected chi connectivity index (χ4v) is 4.66. The lowest BCUT2D eigenvalue weighted by Crippen LogP contribution is -2.40. The van der Waals surface area contributed by atoms with Crippen LogP contribution in [-0.2, 0) is 14.8 Å². The molecular weight excluding hydrogens is 456 g/mol. The first-order valence-corrected chi connectivity index (χ1v) is 10.7. The molecule has 0 aliphatic rings. The van der Waals surface area contributed by atoms with E-state index < -0.39 is 22.0 Å². The van der Waals surface area contributed by atoms with Crippen LogP contribution < -0.4 is 10.1 Å². The number of nitrogens with zero attached hydrogens (tertiary/aromatic N) is 1. The molecular formula is C18H20BrClN2O4S. The van der Waals surface area contributed by atoms with Crippen molar-refractivity contribution < 1.29 is 17.9 Å². The van der Waals surface area contributed by atoms with E-state index in [0.29, 0.717) is 21.7 Å². The number of likely N-dealkylation sites (N-methyl/N-ethyl adjacent to an activating group) is 2. The molecule has 0 aliphatic heterocycles. The Balaban J connectivity index is 2.56. The Hall–Kier alpha value is -1.61. The van der Waals surface area contributed by atoms with E-state index >= 15 is 0 Å². The van der Waals surface area contributed by atoms with E-state index in [2.05, 4.69) is 21.2 Å². The first kappa shape index (κ1) is 21.7. The Bertz CT molecular complexity index is 919. The van der Waals surface area contributed by atoms with Crippen LogP contribution in [-0.4, -0.2) is 39.3 Å². The molecule has 0 aliphatic carbocycles.